The molecule has 0 saturated heterocycles. The Morgan fingerprint density at radius 3 is 2.00 bits per heavy atom. The highest BCUT2D eigenvalue weighted by atomic mass is 16.5. The van der Waals surface area contributed by atoms with Crippen LogP contribution in [-0.2, 0) is 14.3 Å². The molecule has 4 nitrogen and oxygen atoms in total. The number of hydrogen-bond donors (Lipinski definition) is 1. The maximum Gasteiger partial charge on any atom is 0.308 e. The van der Waals surface area contributed by atoms with Crippen molar-refractivity contribution in [3.8, 4) is 0 Å². The van der Waals surface area contributed by atoms with Crippen LogP contribution >= 0.6 is 0 Å². The van der Waals surface area contributed by atoms with E-state index in [1.54, 1.807) is 0 Å². The molecule has 0 amide bonds. The van der Waals surface area contributed by atoms with E-state index in [1.165, 1.54) is 13.5 Å². The Morgan fingerprint density at radius 2 is 1.50 bits per heavy atom. The summed E-state index contributed by atoms with van der Waals surface area (Å²) in [5.41, 5.74) is 0. The van der Waals surface area contributed by atoms with Crippen LogP contribution in [-0.4, -0.2) is 24.2 Å². The van der Waals surface area contributed by atoms with E-state index in [1.807, 2.05) is 6.92 Å². The third-order valence-electron chi connectivity index (χ3n) is 3.13. The Kier molecular flexibility index (Phi) is 10.4. The van der Waals surface area contributed by atoms with Gasteiger partial charge in [-0.15, -0.1) is 0 Å². The van der Waals surface area contributed by atoms with Crippen LogP contribution in [0.15, 0.2) is 0 Å². The van der Waals surface area contributed by atoms with E-state index in [0.29, 0.717) is 0 Å². The van der Waals surface area contributed by atoms with Crippen LogP contribution in [0.4, 0.5) is 0 Å². The van der Waals surface area contributed by atoms with Gasteiger partial charge in [0.1, 0.15) is 0 Å². The van der Waals surface area contributed by atoms with E-state index in [2.05, 4.69) is 4.74 Å². The Balaban J connectivity index is 3.21. The number of hydrogen-bond acceptors (Lipinski definition) is 3. The lowest BCUT2D eigenvalue weighted by Crippen LogP contribution is -2.12. The molecular weight excluding hydrogens is 232 g/mol. The number of carboxylic acid groups (broad SMARTS) is 1. The summed E-state index contributed by atoms with van der Waals surface area (Å²) in [5.74, 6) is -0.818. The molecule has 0 aromatic heterocycles. The molecule has 0 aliphatic rings. The second kappa shape index (κ2) is 11.1. The van der Waals surface area contributed by atoms with Crippen molar-refractivity contribution in [3.63, 3.8) is 0 Å². The number of carbonyl (C=O) groups excluding carboxylic acids is 1. The van der Waals surface area contributed by atoms with E-state index < -0.39 is 5.97 Å². The van der Waals surface area contributed by atoms with Gasteiger partial charge in [0.25, 0.3) is 0 Å². The second-order valence-electron chi connectivity index (χ2n) is 4.83. The topological polar surface area (TPSA) is 63.6 Å². The highest BCUT2D eigenvalue weighted by Crippen LogP contribution is 2.13. The molecule has 18 heavy (non-hydrogen) atoms. The molecule has 0 aromatic rings. The lowest BCUT2D eigenvalue weighted by atomic mass is 10.0. The predicted octanol–water partition coefficient (Wildman–Crippen LogP) is 3.39. The summed E-state index contributed by atoms with van der Waals surface area (Å²) in [4.78, 5) is 21.4. The molecule has 1 unspecified atom stereocenters. The quantitative estimate of drug-likeness (QED) is 0.456. The summed E-state index contributed by atoms with van der Waals surface area (Å²) in [5, 5.41) is 8.47. The first-order chi connectivity index (χ1) is 8.57. The molecular formula is C14H26O4. The Labute approximate surface area is 110 Å². The zero-order valence-corrected chi connectivity index (χ0v) is 11.6. The van der Waals surface area contributed by atoms with Gasteiger partial charge in [0.2, 0.25) is 0 Å². The molecule has 1 N–H and O–H groups in total. The van der Waals surface area contributed by atoms with Crippen LogP contribution in [0.25, 0.3) is 0 Å². The Morgan fingerprint density at radius 1 is 1.00 bits per heavy atom. The zero-order valence-electron chi connectivity index (χ0n) is 11.6. The van der Waals surface area contributed by atoms with Crippen molar-refractivity contribution in [1.82, 2.24) is 0 Å². The van der Waals surface area contributed by atoms with E-state index in [0.717, 1.165) is 44.9 Å². The molecule has 0 aliphatic carbocycles. The maximum atomic E-state index is 11.1. The predicted molar refractivity (Wildman–Crippen MR) is 70.4 cm³/mol. The molecule has 106 valence electrons. The first-order valence-electron chi connectivity index (χ1n) is 6.87. The van der Waals surface area contributed by atoms with Gasteiger partial charge >= 0.3 is 11.9 Å². The number of rotatable bonds is 11. The first-order valence-corrected chi connectivity index (χ1v) is 6.87. The smallest absolute Gasteiger partial charge is 0.308 e. The number of unbranched alkanes of at least 4 members (excludes halogenated alkanes) is 6. The molecule has 4 heteroatoms. The molecule has 1 atom stereocenters. The second-order valence-corrected chi connectivity index (χ2v) is 4.83. The van der Waals surface area contributed by atoms with E-state index >= 15 is 0 Å². The zero-order chi connectivity index (χ0) is 13.8. The minimum absolute atomic E-state index is 0.00515. The molecule has 0 saturated carbocycles. The third-order valence-corrected chi connectivity index (χ3v) is 3.13. The lowest BCUT2D eigenvalue weighted by molar-refractivity contribution is -0.145. The average molecular weight is 258 g/mol. The third kappa shape index (κ3) is 10.1. The van der Waals surface area contributed by atoms with Crippen molar-refractivity contribution in [1.29, 1.82) is 0 Å². The Bertz CT molecular complexity index is 238. The molecule has 0 heterocycles. The summed E-state index contributed by atoms with van der Waals surface area (Å²) >= 11 is 0. The standard InChI is InChI=1S/C14H26O4/c1-12(14(17)18-2)10-8-6-4-3-5-7-9-11-13(15)16/h12H,3-11H2,1-2H3,(H,15,16). The highest BCUT2D eigenvalue weighted by molar-refractivity contribution is 5.71. The number of ether oxygens (including phenoxy) is 1. The molecule has 0 spiro atoms. The highest BCUT2D eigenvalue weighted by Gasteiger charge is 2.11. The lowest BCUT2D eigenvalue weighted by Gasteiger charge is -2.08. The minimum Gasteiger partial charge on any atom is -0.481 e. The van der Waals surface area contributed by atoms with Crippen molar-refractivity contribution in [2.75, 3.05) is 7.11 Å². The van der Waals surface area contributed by atoms with Crippen LogP contribution < -0.4 is 0 Å². The summed E-state index contributed by atoms with van der Waals surface area (Å²) in [6.45, 7) is 1.90. The summed E-state index contributed by atoms with van der Waals surface area (Å²) < 4.78 is 4.67. The van der Waals surface area contributed by atoms with Crippen molar-refractivity contribution < 1.29 is 19.4 Å². The fourth-order valence-electron chi connectivity index (χ4n) is 1.93. The summed E-state index contributed by atoms with van der Waals surface area (Å²) in [6.07, 6.45) is 8.61. The average Bonchev–Trinajstić information content (AvgIpc) is 2.35. The molecule has 0 aromatic carbocycles. The van der Waals surface area contributed by atoms with Gasteiger partial charge in [-0.1, -0.05) is 45.4 Å². The first kappa shape index (κ1) is 16.9. The summed E-state index contributed by atoms with van der Waals surface area (Å²) in [6, 6.07) is 0. The van der Waals surface area contributed by atoms with Gasteiger partial charge < -0.3 is 9.84 Å². The fraction of sp³-hybridized carbons (Fsp3) is 0.857. The van der Waals surface area contributed by atoms with Crippen LogP contribution in [0.2, 0.25) is 0 Å². The van der Waals surface area contributed by atoms with Crippen molar-refractivity contribution >= 4 is 11.9 Å². The van der Waals surface area contributed by atoms with Crippen LogP contribution in [0.1, 0.15) is 64.7 Å². The number of methoxy groups -OCH3 is 1. The summed E-state index contributed by atoms with van der Waals surface area (Å²) in [7, 11) is 1.43. The normalized spacial score (nSPS) is 12.1. The van der Waals surface area contributed by atoms with Crippen LogP contribution in [0.5, 0.6) is 0 Å². The van der Waals surface area contributed by atoms with E-state index in [9.17, 15) is 9.59 Å². The molecule has 0 radical (unpaired) electrons. The number of aliphatic carboxylic acids is 1. The molecule has 0 rings (SSSR count). The Hall–Kier alpha value is -1.06. The van der Waals surface area contributed by atoms with Crippen LogP contribution in [0.3, 0.4) is 0 Å². The van der Waals surface area contributed by atoms with Crippen molar-refractivity contribution in [3.05, 3.63) is 0 Å². The van der Waals surface area contributed by atoms with Gasteiger partial charge in [0.05, 0.1) is 13.0 Å². The fourth-order valence-corrected chi connectivity index (χ4v) is 1.93. The SMILES string of the molecule is COC(=O)C(C)CCCCCCCCCC(=O)O. The van der Waals surface area contributed by atoms with Crippen molar-refractivity contribution in [2.45, 2.75) is 64.7 Å². The van der Waals surface area contributed by atoms with Crippen LogP contribution in [0, 0.1) is 5.92 Å². The molecule has 0 bridgehead atoms. The number of esters is 1. The van der Waals surface area contributed by atoms with Gasteiger partial charge in [-0.05, 0) is 12.8 Å². The van der Waals surface area contributed by atoms with Crippen molar-refractivity contribution in [2.24, 2.45) is 5.92 Å². The monoisotopic (exact) mass is 258 g/mol. The van der Waals surface area contributed by atoms with E-state index in [4.69, 9.17) is 5.11 Å². The largest absolute Gasteiger partial charge is 0.481 e. The number of carboxylic acids is 1. The molecule has 0 fully saturated rings. The minimum atomic E-state index is -0.702. The van der Waals surface area contributed by atoms with Gasteiger partial charge in [0.15, 0.2) is 0 Å². The molecule has 0 aliphatic heterocycles. The maximum absolute atomic E-state index is 11.1. The van der Waals surface area contributed by atoms with Gasteiger partial charge in [-0.2, -0.15) is 0 Å². The van der Waals surface area contributed by atoms with Gasteiger partial charge in [-0.25, -0.2) is 0 Å². The van der Waals surface area contributed by atoms with E-state index in [-0.39, 0.29) is 18.3 Å². The van der Waals surface area contributed by atoms with Gasteiger partial charge in [0, 0.05) is 6.42 Å². The number of carbonyl (C=O) groups is 2. The van der Waals surface area contributed by atoms with Gasteiger partial charge in [-0.3, -0.25) is 9.59 Å².